The minimum Gasteiger partial charge on any atom is -0.267 e. The summed E-state index contributed by atoms with van der Waals surface area (Å²) in [6, 6.07) is 11.3. The molecular formula is C16H10ClN3OS. The van der Waals surface area contributed by atoms with E-state index < -0.39 is 0 Å². The van der Waals surface area contributed by atoms with E-state index in [0.29, 0.717) is 21.1 Å². The van der Waals surface area contributed by atoms with Crippen molar-refractivity contribution < 1.29 is 0 Å². The molecule has 4 aromatic rings. The average Bonchev–Trinajstić information content (AvgIpc) is 2.92. The number of fused-ring (bicyclic) bond motifs is 2. The van der Waals surface area contributed by atoms with Crippen molar-refractivity contribution >= 4 is 43.9 Å². The van der Waals surface area contributed by atoms with E-state index in [1.807, 2.05) is 37.3 Å². The zero-order valence-corrected chi connectivity index (χ0v) is 13.1. The summed E-state index contributed by atoms with van der Waals surface area (Å²) in [5.41, 5.74) is 1.59. The Morgan fingerprint density at radius 3 is 2.91 bits per heavy atom. The number of rotatable bonds is 1. The SMILES string of the molecule is Cc1cc(Cl)c2nc(-n3ncc4ccccc4c3=O)sc2c1. The first-order chi connectivity index (χ1) is 10.6. The van der Waals surface area contributed by atoms with Gasteiger partial charge in [0.2, 0.25) is 5.13 Å². The van der Waals surface area contributed by atoms with Crippen molar-refractivity contribution in [2.24, 2.45) is 0 Å². The Labute approximate surface area is 134 Å². The van der Waals surface area contributed by atoms with Crippen LogP contribution < -0.4 is 5.56 Å². The number of aryl methyl sites for hydroxylation is 1. The van der Waals surface area contributed by atoms with Crippen molar-refractivity contribution in [2.75, 3.05) is 0 Å². The van der Waals surface area contributed by atoms with Crippen LogP contribution in [-0.2, 0) is 0 Å². The van der Waals surface area contributed by atoms with Gasteiger partial charge in [-0.1, -0.05) is 41.1 Å². The summed E-state index contributed by atoms with van der Waals surface area (Å²) in [4.78, 5) is 17.1. The number of aromatic nitrogens is 3. The molecule has 0 atom stereocenters. The first kappa shape index (κ1) is 13.4. The number of hydrogen-bond acceptors (Lipinski definition) is 4. The Hall–Kier alpha value is -2.24. The first-order valence-electron chi connectivity index (χ1n) is 6.67. The van der Waals surface area contributed by atoms with Crippen molar-refractivity contribution in [3.8, 4) is 5.13 Å². The normalized spacial score (nSPS) is 11.4. The van der Waals surface area contributed by atoms with Gasteiger partial charge >= 0.3 is 0 Å². The summed E-state index contributed by atoms with van der Waals surface area (Å²) in [6.45, 7) is 1.98. The third-order valence-corrected chi connectivity index (χ3v) is 4.72. The Bertz CT molecular complexity index is 1080. The summed E-state index contributed by atoms with van der Waals surface area (Å²) in [5.74, 6) is 0. The molecule has 0 aliphatic heterocycles. The first-order valence-corrected chi connectivity index (χ1v) is 7.87. The molecule has 2 aromatic carbocycles. The van der Waals surface area contributed by atoms with Gasteiger partial charge in [0.15, 0.2) is 0 Å². The number of benzene rings is 2. The molecule has 0 N–H and O–H groups in total. The fourth-order valence-corrected chi connectivity index (χ4v) is 3.84. The van der Waals surface area contributed by atoms with Crippen LogP contribution in [0.5, 0.6) is 0 Å². The number of nitrogens with zero attached hydrogens (tertiary/aromatic N) is 3. The summed E-state index contributed by atoms with van der Waals surface area (Å²) in [7, 11) is 0. The van der Waals surface area contributed by atoms with E-state index in [0.717, 1.165) is 15.6 Å². The molecule has 22 heavy (non-hydrogen) atoms. The molecule has 0 saturated heterocycles. The molecule has 4 nitrogen and oxygen atoms in total. The zero-order valence-electron chi connectivity index (χ0n) is 11.6. The second kappa shape index (κ2) is 4.90. The maximum absolute atomic E-state index is 12.6. The van der Waals surface area contributed by atoms with E-state index in [1.165, 1.54) is 16.0 Å². The number of hydrogen-bond donors (Lipinski definition) is 0. The van der Waals surface area contributed by atoms with Gasteiger partial charge in [-0.3, -0.25) is 4.79 Å². The van der Waals surface area contributed by atoms with E-state index in [-0.39, 0.29) is 5.56 Å². The van der Waals surface area contributed by atoms with Gasteiger partial charge in [-0.15, -0.1) is 0 Å². The highest BCUT2D eigenvalue weighted by atomic mass is 35.5. The van der Waals surface area contributed by atoms with Crippen LogP contribution in [0.3, 0.4) is 0 Å². The van der Waals surface area contributed by atoms with Gasteiger partial charge in [-0.2, -0.15) is 9.78 Å². The monoisotopic (exact) mass is 327 g/mol. The molecule has 0 fully saturated rings. The van der Waals surface area contributed by atoms with Crippen LogP contribution in [0.25, 0.3) is 26.1 Å². The van der Waals surface area contributed by atoms with Crippen LogP contribution in [0.15, 0.2) is 47.4 Å². The molecule has 2 heterocycles. The molecule has 0 spiro atoms. The number of halogens is 1. The van der Waals surface area contributed by atoms with Crippen LogP contribution in [0, 0.1) is 6.92 Å². The molecule has 0 amide bonds. The predicted molar refractivity (Wildman–Crippen MR) is 90.3 cm³/mol. The minimum atomic E-state index is -0.176. The van der Waals surface area contributed by atoms with Crippen LogP contribution in [-0.4, -0.2) is 14.8 Å². The van der Waals surface area contributed by atoms with E-state index >= 15 is 0 Å². The lowest BCUT2D eigenvalue weighted by atomic mass is 10.2. The third-order valence-electron chi connectivity index (χ3n) is 3.46. The quantitative estimate of drug-likeness (QED) is 0.531. The topological polar surface area (TPSA) is 47.8 Å². The van der Waals surface area contributed by atoms with Gasteiger partial charge in [0.1, 0.15) is 5.52 Å². The second-order valence-corrected chi connectivity index (χ2v) is 6.46. The van der Waals surface area contributed by atoms with Gasteiger partial charge in [0.25, 0.3) is 5.56 Å². The molecule has 0 unspecified atom stereocenters. The molecule has 0 radical (unpaired) electrons. The lowest BCUT2D eigenvalue weighted by Crippen LogP contribution is -2.20. The Morgan fingerprint density at radius 1 is 1.23 bits per heavy atom. The molecule has 6 heteroatoms. The summed E-state index contributed by atoms with van der Waals surface area (Å²) in [5, 5.41) is 6.79. The molecule has 4 rings (SSSR count). The van der Waals surface area contributed by atoms with E-state index in [9.17, 15) is 4.79 Å². The highest BCUT2D eigenvalue weighted by Gasteiger charge is 2.13. The number of thiazole rings is 1. The van der Waals surface area contributed by atoms with Crippen LogP contribution in [0.4, 0.5) is 0 Å². The molecule has 2 aromatic heterocycles. The minimum absolute atomic E-state index is 0.176. The van der Waals surface area contributed by atoms with Crippen molar-refractivity contribution in [3.05, 3.63) is 63.5 Å². The third kappa shape index (κ3) is 2.01. The largest absolute Gasteiger partial charge is 0.281 e. The molecule has 0 bridgehead atoms. The fourth-order valence-electron chi connectivity index (χ4n) is 2.42. The summed E-state index contributed by atoms with van der Waals surface area (Å²) < 4.78 is 2.28. The van der Waals surface area contributed by atoms with Gasteiger partial charge in [-0.05, 0) is 30.7 Å². The van der Waals surface area contributed by atoms with Crippen molar-refractivity contribution in [1.82, 2.24) is 14.8 Å². The molecule has 108 valence electrons. The van der Waals surface area contributed by atoms with Crippen LogP contribution in [0.2, 0.25) is 5.02 Å². The van der Waals surface area contributed by atoms with E-state index in [2.05, 4.69) is 10.1 Å². The smallest absolute Gasteiger partial charge is 0.267 e. The molecule has 0 saturated carbocycles. The van der Waals surface area contributed by atoms with Crippen molar-refractivity contribution in [3.63, 3.8) is 0 Å². The second-order valence-electron chi connectivity index (χ2n) is 5.04. The predicted octanol–water partition coefficient (Wildman–Crippen LogP) is 3.96. The van der Waals surface area contributed by atoms with Crippen LogP contribution in [0.1, 0.15) is 5.56 Å². The lowest BCUT2D eigenvalue weighted by molar-refractivity contribution is 0.815. The molecule has 0 aliphatic rings. The summed E-state index contributed by atoms with van der Waals surface area (Å²) >= 11 is 7.64. The van der Waals surface area contributed by atoms with Crippen molar-refractivity contribution in [1.29, 1.82) is 0 Å². The Balaban J connectivity index is 2.01. The van der Waals surface area contributed by atoms with E-state index in [1.54, 1.807) is 12.3 Å². The average molecular weight is 328 g/mol. The highest BCUT2D eigenvalue weighted by Crippen LogP contribution is 2.30. The van der Waals surface area contributed by atoms with Gasteiger partial charge in [-0.25, -0.2) is 4.98 Å². The zero-order chi connectivity index (χ0) is 15.3. The molecular weight excluding hydrogens is 318 g/mol. The maximum Gasteiger partial charge on any atom is 0.281 e. The highest BCUT2D eigenvalue weighted by molar-refractivity contribution is 7.20. The Morgan fingerprint density at radius 2 is 2.05 bits per heavy atom. The molecule has 0 aliphatic carbocycles. The van der Waals surface area contributed by atoms with Gasteiger partial charge in [0, 0.05) is 5.39 Å². The fraction of sp³-hybridized carbons (Fsp3) is 0.0625. The van der Waals surface area contributed by atoms with Crippen molar-refractivity contribution in [2.45, 2.75) is 6.92 Å². The lowest BCUT2D eigenvalue weighted by Gasteiger charge is -2.01. The standard InChI is InChI=1S/C16H10ClN3OS/c1-9-6-12(17)14-13(7-9)22-16(19-14)20-15(21)11-5-3-2-4-10(11)8-18-20/h2-8H,1H3. The van der Waals surface area contributed by atoms with Gasteiger partial charge < -0.3 is 0 Å². The van der Waals surface area contributed by atoms with Crippen LogP contribution >= 0.6 is 22.9 Å². The van der Waals surface area contributed by atoms with E-state index in [4.69, 9.17) is 11.6 Å². The Kier molecular flexibility index (Phi) is 2.99. The maximum atomic E-state index is 12.6. The van der Waals surface area contributed by atoms with Gasteiger partial charge in [0.05, 0.1) is 21.3 Å². The summed E-state index contributed by atoms with van der Waals surface area (Å²) in [6.07, 6.45) is 1.68.